The number of ether oxygens (including phenoxy) is 1. The van der Waals surface area contributed by atoms with Crippen LogP contribution in [0.1, 0.15) is 44.4 Å². The maximum atomic E-state index is 10.7. The second-order valence-electron chi connectivity index (χ2n) is 6.95. The van der Waals surface area contributed by atoms with E-state index in [9.17, 15) is 5.11 Å². The first-order valence-electron chi connectivity index (χ1n) is 9.11. The summed E-state index contributed by atoms with van der Waals surface area (Å²) < 4.78 is 6.62. The summed E-state index contributed by atoms with van der Waals surface area (Å²) in [6, 6.07) is 14.1. The van der Waals surface area contributed by atoms with Crippen LogP contribution in [-0.2, 0) is 0 Å². The van der Waals surface area contributed by atoms with Crippen molar-refractivity contribution in [2.75, 3.05) is 6.61 Å². The first-order chi connectivity index (χ1) is 12.5. The maximum absolute atomic E-state index is 10.7. The minimum atomic E-state index is 0.106. The summed E-state index contributed by atoms with van der Waals surface area (Å²) in [6.07, 6.45) is 0.890. The summed E-state index contributed by atoms with van der Waals surface area (Å²) >= 11 is 3.55. The van der Waals surface area contributed by atoms with E-state index in [-0.39, 0.29) is 18.0 Å². The third kappa shape index (κ3) is 4.10. The van der Waals surface area contributed by atoms with Crippen LogP contribution in [0.3, 0.4) is 0 Å². The number of nitrogens with zero attached hydrogens (tertiary/aromatic N) is 1. The van der Waals surface area contributed by atoms with Gasteiger partial charge < -0.3 is 15.2 Å². The average Bonchev–Trinajstić information content (AvgIpc) is 2.63. The van der Waals surface area contributed by atoms with Gasteiger partial charge >= 0.3 is 0 Å². The van der Waals surface area contributed by atoms with Crippen LogP contribution < -0.4 is 10.1 Å². The lowest BCUT2D eigenvalue weighted by molar-refractivity contribution is -0.733. The van der Waals surface area contributed by atoms with Crippen LogP contribution in [0, 0.1) is 5.92 Å². The average molecular weight is 418 g/mol. The molecule has 1 aliphatic heterocycles. The lowest BCUT2D eigenvalue weighted by atomic mass is 9.93. The van der Waals surface area contributed by atoms with Crippen molar-refractivity contribution in [3.8, 4) is 11.5 Å². The van der Waals surface area contributed by atoms with Gasteiger partial charge in [0.05, 0.1) is 17.9 Å². The van der Waals surface area contributed by atoms with Crippen molar-refractivity contribution in [2.24, 2.45) is 10.9 Å². The van der Waals surface area contributed by atoms with Gasteiger partial charge in [0.15, 0.2) is 17.7 Å². The van der Waals surface area contributed by atoms with Crippen molar-refractivity contribution in [1.82, 2.24) is 0 Å². The Morgan fingerprint density at radius 2 is 2.04 bits per heavy atom. The molecule has 0 saturated heterocycles. The van der Waals surface area contributed by atoms with Crippen LogP contribution in [-0.4, -0.2) is 23.6 Å². The zero-order valence-corrected chi connectivity index (χ0v) is 17.0. The van der Waals surface area contributed by atoms with Gasteiger partial charge in [0.1, 0.15) is 6.04 Å². The second-order valence-corrected chi connectivity index (χ2v) is 7.87. The number of nitrogens with two attached hydrogens (primary N) is 1. The fourth-order valence-corrected chi connectivity index (χ4v) is 3.75. The smallest absolute Gasteiger partial charge is 0.182 e. The Hall–Kier alpha value is -1.85. The fourth-order valence-electron chi connectivity index (χ4n) is 3.35. The molecule has 2 atom stereocenters. The van der Waals surface area contributed by atoms with Gasteiger partial charge in [-0.05, 0) is 36.8 Å². The predicted octanol–water partition coefficient (Wildman–Crippen LogP) is 4.03. The third-order valence-electron chi connectivity index (χ3n) is 4.72. The molecule has 138 valence electrons. The van der Waals surface area contributed by atoms with Crippen LogP contribution in [0.25, 0.3) is 0 Å². The number of quaternary nitrogens is 1. The summed E-state index contributed by atoms with van der Waals surface area (Å²) in [5, 5.41) is 13.0. The molecule has 2 unspecified atom stereocenters. The van der Waals surface area contributed by atoms with Gasteiger partial charge in [-0.3, -0.25) is 0 Å². The second kappa shape index (κ2) is 8.23. The zero-order valence-electron chi connectivity index (χ0n) is 15.4. The predicted molar refractivity (Wildman–Crippen MR) is 108 cm³/mol. The van der Waals surface area contributed by atoms with E-state index >= 15 is 0 Å². The van der Waals surface area contributed by atoms with Crippen molar-refractivity contribution < 1.29 is 15.2 Å². The van der Waals surface area contributed by atoms with E-state index < -0.39 is 0 Å². The zero-order chi connectivity index (χ0) is 18.7. The van der Waals surface area contributed by atoms with Crippen molar-refractivity contribution in [1.29, 1.82) is 0 Å². The molecule has 0 amide bonds. The molecule has 1 aliphatic rings. The van der Waals surface area contributed by atoms with Crippen molar-refractivity contribution in [3.63, 3.8) is 0 Å². The monoisotopic (exact) mass is 417 g/mol. The molecule has 4 nitrogen and oxygen atoms in total. The molecule has 0 spiro atoms. The van der Waals surface area contributed by atoms with Gasteiger partial charge in [-0.2, -0.15) is 0 Å². The van der Waals surface area contributed by atoms with E-state index in [2.05, 4.69) is 47.2 Å². The molecule has 0 saturated carbocycles. The molecule has 0 radical (unpaired) electrons. The largest absolute Gasteiger partial charge is 0.504 e. The van der Waals surface area contributed by atoms with Crippen LogP contribution >= 0.6 is 15.9 Å². The molecule has 26 heavy (non-hydrogen) atoms. The number of aliphatic imine (C=N–C) groups is 1. The number of para-hydroxylation sites is 1. The first kappa shape index (κ1) is 18.9. The topological polar surface area (TPSA) is 58.4 Å². The van der Waals surface area contributed by atoms with E-state index in [4.69, 9.17) is 9.73 Å². The Labute approximate surface area is 163 Å². The molecule has 0 bridgehead atoms. The van der Waals surface area contributed by atoms with E-state index in [1.807, 2.05) is 37.3 Å². The van der Waals surface area contributed by atoms with Gasteiger partial charge in [-0.1, -0.05) is 48.0 Å². The minimum absolute atomic E-state index is 0.106. The molecule has 2 aromatic rings. The standard InChI is InChI=1S/C21H25BrN2O2/c1-4-26-19-10-6-9-16(20(19)25)18-12-17(23-21(24-18)13(2)3)14-7-5-8-15(22)11-14/h5-11,13,18,21,24-25H,4,12H2,1-3H3/p+1. The number of phenols is 1. The van der Waals surface area contributed by atoms with Crippen molar-refractivity contribution in [2.45, 2.75) is 39.4 Å². The van der Waals surface area contributed by atoms with E-state index in [0.717, 1.165) is 27.7 Å². The fraction of sp³-hybridized carbons (Fsp3) is 0.381. The summed E-state index contributed by atoms with van der Waals surface area (Å²) in [7, 11) is 0. The summed E-state index contributed by atoms with van der Waals surface area (Å²) in [5.41, 5.74) is 3.12. The van der Waals surface area contributed by atoms with Crippen LogP contribution in [0.5, 0.6) is 11.5 Å². The Bertz CT molecular complexity index is 804. The number of benzene rings is 2. The van der Waals surface area contributed by atoms with Gasteiger partial charge in [0.2, 0.25) is 0 Å². The quantitative estimate of drug-likeness (QED) is 0.770. The first-order valence-corrected chi connectivity index (χ1v) is 9.91. The molecular formula is C21H26BrN2O2+. The number of halogens is 1. The highest BCUT2D eigenvalue weighted by atomic mass is 79.9. The SMILES string of the molecule is CCOc1cccc(C2CC(c3cccc(Br)c3)=NC(C(C)C)[NH2+]2)c1O. The van der Waals surface area contributed by atoms with Crippen LogP contribution in [0.4, 0.5) is 0 Å². The molecule has 2 aromatic carbocycles. The minimum Gasteiger partial charge on any atom is -0.504 e. The highest BCUT2D eigenvalue weighted by Crippen LogP contribution is 2.35. The number of phenolic OH excluding ortho intramolecular Hbond substituents is 1. The lowest BCUT2D eigenvalue weighted by Gasteiger charge is -2.29. The molecule has 0 fully saturated rings. The number of aromatic hydroxyl groups is 1. The number of hydrogen-bond donors (Lipinski definition) is 2. The van der Waals surface area contributed by atoms with Crippen molar-refractivity contribution >= 4 is 21.6 Å². The van der Waals surface area contributed by atoms with Gasteiger partial charge in [-0.15, -0.1) is 0 Å². The van der Waals surface area contributed by atoms with Gasteiger partial charge in [0, 0.05) is 16.8 Å². The number of rotatable bonds is 5. The molecule has 5 heteroatoms. The molecule has 0 aliphatic carbocycles. The highest BCUT2D eigenvalue weighted by Gasteiger charge is 2.32. The normalized spacial score (nSPS) is 20.1. The number of hydrogen-bond acceptors (Lipinski definition) is 3. The Morgan fingerprint density at radius 3 is 2.73 bits per heavy atom. The van der Waals surface area contributed by atoms with E-state index in [1.54, 1.807) is 0 Å². The summed E-state index contributed by atoms with van der Waals surface area (Å²) in [4.78, 5) is 4.98. The molecule has 0 aromatic heterocycles. The lowest BCUT2D eigenvalue weighted by Crippen LogP contribution is -2.93. The van der Waals surface area contributed by atoms with Crippen molar-refractivity contribution in [3.05, 3.63) is 58.1 Å². The summed E-state index contributed by atoms with van der Waals surface area (Å²) in [5.74, 6) is 1.19. The maximum Gasteiger partial charge on any atom is 0.182 e. The third-order valence-corrected chi connectivity index (χ3v) is 5.21. The summed E-state index contributed by atoms with van der Waals surface area (Å²) in [6.45, 7) is 6.82. The molecular weight excluding hydrogens is 392 g/mol. The molecule has 3 N–H and O–H groups in total. The van der Waals surface area contributed by atoms with Crippen LogP contribution in [0.15, 0.2) is 51.9 Å². The van der Waals surface area contributed by atoms with E-state index in [0.29, 0.717) is 18.3 Å². The Kier molecular flexibility index (Phi) is 5.99. The van der Waals surface area contributed by atoms with Gasteiger partial charge in [-0.25, -0.2) is 4.99 Å². The molecule has 3 rings (SSSR count). The van der Waals surface area contributed by atoms with Crippen LogP contribution in [0.2, 0.25) is 0 Å². The van der Waals surface area contributed by atoms with Gasteiger partial charge in [0.25, 0.3) is 0 Å². The highest BCUT2D eigenvalue weighted by molar-refractivity contribution is 9.10. The van der Waals surface area contributed by atoms with E-state index in [1.165, 1.54) is 0 Å². The molecule has 1 heterocycles. The Morgan fingerprint density at radius 1 is 1.27 bits per heavy atom. The Balaban J connectivity index is 1.97.